The molecular formula is C21H35FN4O2. The van der Waals surface area contributed by atoms with Gasteiger partial charge in [-0.15, -0.1) is 0 Å². The first-order valence-electron chi connectivity index (χ1n) is 10.1. The van der Waals surface area contributed by atoms with Crippen molar-refractivity contribution in [2.24, 2.45) is 10.9 Å². The molecule has 1 aliphatic rings. The van der Waals surface area contributed by atoms with E-state index in [1.807, 2.05) is 20.2 Å². The molecule has 1 fully saturated rings. The second-order valence-corrected chi connectivity index (χ2v) is 7.40. The molecule has 0 aliphatic carbocycles. The Bertz CT molecular complexity index is 612. The quantitative estimate of drug-likeness (QED) is 0.375. The van der Waals surface area contributed by atoms with E-state index in [1.165, 1.54) is 6.07 Å². The van der Waals surface area contributed by atoms with E-state index < -0.39 is 0 Å². The smallest absolute Gasteiger partial charge is 0.193 e. The summed E-state index contributed by atoms with van der Waals surface area (Å²) in [6.07, 6.45) is 1.10. The molecule has 1 heterocycles. The first-order valence-corrected chi connectivity index (χ1v) is 10.1. The van der Waals surface area contributed by atoms with Crippen LogP contribution < -0.4 is 5.32 Å². The van der Waals surface area contributed by atoms with Crippen molar-refractivity contribution >= 4 is 5.96 Å². The number of halogens is 1. The maximum atomic E-state index is 13.7. The lowest BCUT2D eigenvalue weighted by atomic mass is 10.1. The fraction of sp³-hybridized carbons (Fsp3) is 0.667. The molecule has 158 valence electrons. The average molecular weight is 395 g/mol. The van der Waals surface area contributed by atoms with Gasteiger partial charge in [0.15, 0.2) is 5.96 Å². The van der Waals surface area contributed by atoms with E-state index in [1.54, 1.807) is 19.2 Å². The molecule has 1 aromatic carbocycles. The summed E-state index contributed by atoms with van der Waals surface area (Å²) in [5.41, 5.74) is 0.940. The molecule has 0 saturated carbocycles. The number of likely N-dealkylation sites (tertiary alicyclic amines) is 1. The summed E-state index contributed by atoms with van der Waals surface area (Å²) in [6.45, 7) is 7.39. The van der Waals surface area contributed by atoms with Crippen molar-refractivity contribution in [3.8, 4) is 0 Å². The molecule has 1 aliphatic heterocycles. The summed E-state index contributed by atoms with van der Waals surface area (Å²) in [5.74, 6) is 1.22. The van der Waals surface area contributed by atoms with E-state index in [9.17, 15) is 4.39 Å². The average Bonchev–Trinajstić information content (AvgIpc) is 3.13. The normalized spacial score (nSPS) is 18.7. The van der Waals surface area contributed by atoms with Gasteiger partial charge in [-0.2, -0.15) is 0 Å². The summed E-state index contributed by atoms with van der Waals surface area (Å²) in [7, 11) is 5.69. The number of rotatable bonds is 10. The number of ether oxygens (including phenoxy) is 2. The van der Waals surface area contributed by atoms with Gasteiger partial charge in [-0.1, -0.05) is 12.1 Å². The van der Waals surface area contributed by atoms with Crippen LogP contribution in [0.4, 0.5) is 4.39 Å². The molecule has 7 heteroatoms. The van der Waals surface area contributed by atoms with Crippen molar-refractivity contribution in [3.05, 3.63) is 35.6 Å². The standard InChI is InChI=1S/C21H35FN4O2/c1-5-23-21(26-10-9-17(15-26)16-28-12-11-27-4)24-14-20(25(2)3)18-7-6-8-19(22)13-18/h6-8,13,17,20H,5,9-12,14-16H2,1-4H3,(H,23,24). The van der Waals surface area contributed by atoms with E-state index in [0.29, 0.717) is 25.7 Å². The lowest BCUT2D eigenvalue weighted by molar-refractivity contribution is 0.0536. The minimum atomic E-state index is -0.212. The van der Waals surface area contributed by atoms with Gasteiger partial charge >= 0.3 is 0 Å². The second kappa shape index (κ2) is 12.0. The Labute approximate surface area is 168 Å². The number of hydrogen-bond acceptors (Lipinski definition) is 4. The largest absolute Gasteiger partial charge is 0.382 e. The van der Waals surface area contributed by atoms with Crippen LogP contribution in [0.3, 0.4) is 0 Å². The number of benzene rings is 1. The van der Waals surface area contributed by atoms with E-state index in [2.05, 4.69) is 22.0 Å². The van der Waals surface area contributed by atoms with Crippen molar-refractivity contribution in [2.45, 2.75) is 19.4 Å². The van der Waals surface area contributed by atoms with E-state index >= 15 is 0 Å². The molecular weight excluding hydrogens is 359 g/mol. The lowest BCUT2D eigenvalue weighted by Crippen LogP contribution is -2.41. The van der Waals surface area contributed by atoms with Crippen LogP contribution in [-0.2, 0) is 9.47 Å². The number of guanidine groups is 1. The molecule has 1 saturated heterocycles. The van der Waals surface area contributed by atoms with Crippen LogP contribution >= 0.6 is 0 Å². The minimum Gasteiger partial charge on any atom is -0.382 e. The Hall–Kier alpha value is -1.70. The second-order valence-electron chi connectivity index (χ2n) is 7.40. The number of hydrogen-bond donors (Lipinski definition) is 1. The van der Waals surface area contributed by atoms with Gasteiger partial charge in [0.2, 0.25) is 0 Å². The fourth-order valence-electron chi connectivity index (χ4n) is 3.43. The van der Waals surface area contributed by atoms with Crippen molar-refractivity contribution in [2.75, 3.05) is 67.2 Å². The maximum Gasteiger partial charge on any atom is 0.193 e. The number of nitrogens with one attached hydrogen (secondary N) is 1. The number of nitrogens with zero attached hydrogens (tertiary/aromatic N) is 3. The Kier molecular flexibility index (Phi) is 9.67. The first kappa shape index (κ1) is 22.6. The van der Waals surface area contributed by atoms with E-state index in [0.717, 1.165) is 44.2 Å². The Morgan fingerprint density at radius 3 is 2.89 bits per heavy atom. The van der Waals surface area contributed by atoms with Crippen LogP contribution in [0.1, 0.15) is 24.9 Å². The van der Waals surface area contributed by atoms with Crippen LogP contribution in [0.5, 0.6) is 0 Å². The van der Waals surface area contributed by atoms with Gasteiger partial charge in [-0.3, -0.25) is 4.99 Å². The van der Waals surface area contributed by atoms with Crippen LogP contribution in [0.15, 0.2) is 29.3 Å². The highest BCUT2D eigenvalue weighted by Gasteiger charge is 2.25. The third-order valence-electron chi connectivity index (χ3n) is 4.98. The van der Waals surface area contributed by atoms with Gasteiger partial charge in [0.05, 0.1) is 32.4 Å². The Balaban J connectivity index is 1.99. The van der Waals surface area contributed by atoms with E-state index in [4.69, 9.17) is 14.5 Å². The zero-order valence-corrected chi connectivity index (χ0v) is 17.7. The molecule has 2 atom stereocenters. The maximum absolute atomic E-state index is 13.7. The van der Waals surface area contributed by atoms with Crippen molar-refractivity contribution in [1.29, 1.82) is 0 Å². The molecule has 0 amide bonds. The molecule has 28 heavy (non-hydrogen) atoms. The third-order valence-corrected chi connectivity index (χ3v) is 4.98. The molecule has 0 spiro atoms. The van der Waals surface area contributed by atoms with Crippen molar-refractivity contribution in [3.63, 3.8) is 0 Å². The molecule has 0 radical (unpaired) electrons. The van der Waals surface area contributed by atoms with Crippen molar-refractivity contribution < 1.29 is 13.9 Å². The van der Waals surface area contributed by atoms with Crippen LogP contribution in [0, 0.1) is 11.7 Å². The molecule has 1 aromatic rings. The molecule has 1 N–H and O–H groups in total. The topological polar surface area (TPSA) is 49.3 Å². The summed E-state index contributed by atoms with van der Waals surface area (Å²) in [6, 6.07) is 6.81. The van der Waals surface area contributed by atoms with E-state index in [-0.39, 0.29) is 11.9 Å². The third kappa shape index (κ3) is 7.04. The minimum absolute atomic E-state index is 0.0279. The van der Waals surface area contributed by atoms with Crippen LogP contribution in [0.2, 0.25) is 0 Å². The van der Waals surface area contributed by atoms with Gasteiger partial charge in [0.1, 0.15) is 5.82 Å². The van der Waals surface area contributed by atoms with Gasteiger partial charge in [0.25, 0.3) is 0 Å². The van der Waals surface area contributed by atoms with Gasteiger partial charge in [-0.25, -0.2) is 4.39 Å². The summed E-state index contributed by atoms with van der Waals surface area (Å²) >= 11 is 0. The zero-order valence-electron chi connectivity index (χ0n) is 17.7. The molecule has 0 bridgehead atoms. The van der Waals surface area contributed by atoms with Crippen LogP contribution in [0.25, 0.3) is 0 Å². The highest BCUT2D eigenvalue weighted by atomic mass is 19.1. The first-order chi connectivity index (χ1) is 13.5. The summed E-state index contributed by atoms with van der Waals surface area (Å²) < 4.78 is 24.4. The highest BCUT2D eigenvalue weighted by Crippen LogP contribution is 2.21. The number of methoxy groups -OCH3 is 1. The Morgan fingerprint density at radius 1 is 1.39 bits per heavy atom. The highest BCUT2D eigenvalue weighted by molar-refractivity contribution is 5.80. The number of likely N-dealkylation sites (N-methyl/N-ethyl adjacent to an activating group) is 1. The Morgan fingerprint density at radius 2 is 2.21 bits per heavy atom. The molecule has 0 aromatic heterocycles. The zero-order chi connectivity index (χ0) is 20.4. The predicted octanol–water partition coefficient (Wildman–Crippen LogP) is 2.38. The lowest BCUT2D eigenvalue weighted by Gasteiger charge is -2.26. The molecule has 2 unspecified atom stereocenters. The summed E-state index contributed by atoms with van der Waals surface area (Å²) in [5, 5.41) is 3.40. The monoisotopic (exact) mass is 394 g/mol. The van der Waals surface area contributed by atoms with Crippen LogP contribution in [-0.4, -0.2) is 83.0 Å². The molecule has 2 rings (SSSR count). The van der Waals surface area contributed by atoms with Crippen molar-refractivity contribution in [1.82, 2.24) is 15.1 Å². The van der Waals surface area contributed by atoms with Gasteiger partial charge in [0, 0.05) is 32.7 Å². The number of aliphatic imine (C=N–C) groups is 1. The fourth-order valence-corrected chi connectivity index (χ4v) is 3.43. The summed E-state index contributed by atoms with van der Waals surface area (Å²) in [4.78, 5) is 9.25. The van der Waals surface area contributed by atoms with Gasteiger partial charge < -0.3 is 24.6 Å². The predicted molar refractivity (Wildman–Crippen MR) is 111 cm³/mol. The molecule has 6 nitrogen and oxygen atoms in total. The SMILES string of the molecule is CCNC(=NCC(c1cccc(F)c1)N(C)C)N1CCC(COCCOC)C1. The van der Waals surface area contributed by atoms with Gasteiger partial charge in [-0.05, 0) is 45.1 Å².